The molecule has 3 rings (SSSR count). The van der Waals surface area contributed by atoms with Crippen LogP contribution in [0.4, 0.5) is 14.5 Å². The van der Waals surface area contributed by atoms with Crippen molar-refractivity contribution in [2.75, 3.05) is 11.9 Å². The topological polar surface area (TPSA) is 69.7 Å². The maximum atomic E-state index is 13.1. The first-order chi connectivity index (χ1) is 14.3. The highest BCUT2D eigenvalue weighted by Gasteiger charge is 2.38. The van der Waals surface area contributed by atoms with Crippen LogP contribution in [0, 0.1) is 0 Å². The van der Waals surface area contributed by atoms with E-state index in [1.165, 1.54) is 6.07 Å². The summed E-state index contributed by atoms with van der Waals surface area (Å²) in [4.78, 5) is 17.2. The largest absolute Gasteiger partial charge is 0.475 e. The molecule has 2 heterocycles. The summed E-state index contributed by atoms with van der Waals surface area (Å²) in [6, 6.07) is 8.14. The van der Waals surface area contributed by atoms with Crippen LogP contribution < -0.4 is 14.8 Å². The number of aromatic nitrogens is 1. The summed E-state index contributed by atoms with van der Waals surface area (Å²) in [7, 11) is 0. The standard InChI is InChI=1S/C22H24F2N2O4/c1-5-28-21(27)17-13(4)26-15-10-11-25-20(29-12(2)3)19(15)18(17)14-8-6-7-9-16(14)30-22(23)24/h6-12,18,22,26H,5H2,1-4H3. The molecule has 160 valence electrons. The number of anilines is 1. The molecule has 0 amide bonds. The number of pyridine rings is 1. The molecule has 0 fully saturated rings. The van der Waals surface area contributed by atoms with Crippen molar-refractivity contribution in [3.63, 3.8) is 0 Å². The van der Waals surface area contributed by atoms with Gasteiger partial charge in [-0.1, -0.05) is 18.2 Å². The minimum atomic E-state index is -3.01. The molecule has 30 heavy (non-hydrogen) atoms. The Morgan fingerprint density at radius 2 is 1.93 bits per heavy atom. The highest BCUT2D eigenvalue weighted by molar-refractivity contribution is 5.95. The molecule has 0 spiro atoms. The summed E-state index contributed by atoms with van der Waals surface area (Å²) in [6.45, 7) is 4.31. The summed E-state index contributed by atoms with van der Waals surface area (Å²) in [6.07, 6.45) is 1.40. The van der Waals surface area contributed by atoms with Crippen molar-refractivity contribution in [3.8, 4) is 11.6 Å². The quantitative estimate of drug-likeness (QED) is 0.648. The number of esters is 1. The lowest BCUT2D eigenvalue weighted by Crippen LogP contribution is -2.26. The monoisotopic (exact) mass is 418 g/mol. The van der Waals surface area contributed by atoms with Crippen LogP contribution >= 0.6 is 0 Å². The summed E-state index contributed by atoms with van der Waals surface area (Å²) < 4.78 is 42.1. The Morgan fingerprint density at radius 3 is 2.60 bits per heavy atom. The van der Waals surface area contributed by atoms with Crippen LogP contribution in [0.25, 0.3) is 0 Å². The van der Waals surface area contributed by atoms with Gasteiger partial charge in [0.25, 0.3) is 0 Å². The van der Waals surface area contributed by atoms with Crippen LogP contribution in [0.5, 0.6) is 11.6 Å². The van der Waals surface area contributed by atoms with Crippen LogP contribution in [0.15, 0.2) is 47.8 Å². The summed E-state index contributed by atoms with van der Waals surface area (Å²) in [5, 5.41) is 3.19. The molecule has 1 aromatic carbocycles. The Kier molecular flexibility index (Phi) is 6.54. The number of nitrogens with one attached hydrogen (secondary N) is 1. The molecule has 1 aromatic heterocycles. The lowest BCUT2D eigenvalue weighted by molar-refractivity contribution is -0.138. The molecule has 0 saturated heterocycles. The van der Waals surface area contributed by atoms with E-state index in [4.69, 9.17) is 14.2 Å². The third-order valence-electron chi connectivity index (χ3n) is 4.55. The van der Waals surface area contributed by atoms with Gasteiger partial charge in [-0.25, -0.2) is 9.78 Å². The molecular weight excluding hydrogens is 394 g/mol. The Morgan fingerprint density at radius 1 is 1.20 bits per heavy atom. The van der Waals surface area contributed by atoms with Gasteiger partial charge < -0.3 is 19.5 Å². The molecule has 8 heteroatoms. The number of carbonyl (C=O) groups excluding carboxylic acids is 1. The fourth-order valence-electron chi connectivity index (χ4n) is 3.50. The number of hydrogen-bond donors (Lipinski definition) is 1. The Hall–Kier alpha value is -3.16. The van der Waals surface area contributed by atoms with Gasteiger partial charge in [-0.15, -0.1) is 0 Å². The van der Waals surface area contributed by atoms with E-state index in [1.54, 1.807) is 44.3 Å². The highest BCUT2D eigenvalue weighted by atomic mass is 19.3. The molecule has 1 atom stereocenters. The third kappa shape index (κ3) is 4.37. The fraction of sp³-hybridized carbons (Fsp3) is 0.364. The molecule has 2 aromatic rings. The second-order valence-electron chi connectivity index (χ2n) is 6.98. The van der Waals surface area contributed by atoms with Crippen LogP contribution in [0.3, 0.4) is 0 Å². The van der Waals surface area contributed by atoms with Crippen molar-refractivity contribution in [2.24, 2.45) is 0 Å². The maximum Gasteiger partial charge on any atom is 0.387 e. The van der Waals surface area contributed by atoms with Gasteiger partial charge in [0.15, 0.2) is 0 Å². The summed E-state index contributed by atoms with van der Waals surface area (Å²) >= 11 is 0. The zero-order valence-corrected chi connectivity index (χ0v) is 17.2. The molecule has 6 nitrogen and oxygen atoms in total. The number of hydrogen-bond acceptors (Lipinski definition) is 6. The first-order valence-corrected chi connectivity index (χ1v) is 9.67. The fourth-order valence-corrected chi connectivity index (χ4v) is 3.50. The van der Waals surface area contributed by atoms with Gasteiger partial charge in [0, 0.05) is 23.1 Å². The van der Waals surface area contributed by atoms with E-state index in [0.717, 1.165) is 0 Å². The third-order valence-corrected chi connectivity index (χ3v) is 4.55. The number of carbonyl (C=O) groups is 1. The van der Waals surface area contributed by atoms with Gasteiger partial charge in [-0.3, -0.25) is 0 Å². The van der Waals surface area contributed by atoms with E-state index < -0.39 is 18.5 Å². The predicted octanol–water partition coefficient (Wildman–Crippen LogP) is 4.86. The van der Waals surface area contributed by atoms with Gasteiger partial charge in [0.1, 0.15) is 5.75 Å². The number of alkyl halides is 2. The first kappa shape index (κ1) is 21.5. The number of allylic oxidation sites excluding steroid dienone is 1. The van der Waals surface area contributed by atoms with Crippen molar-refractivity contribution in [1.82, 2.24) is 4.98 Å². The lowest BCUT2D eigenvalue weighted by atomic mass is 9.80. The number of fused-ring (bicyclic) bond motifs is 1. The van der Waals surface area contributed by atoms with Gasteiger partial charge in [-0.2, -0.15) is 8.78 Å². The van der Waals surface area contributed by atoms with Gasteiger partial charge in [-0.05, 0) is 39.8 Å². The maximum absolute atomic E-state index is 13.1. The second kappa shape index (κ2) is 9.11. The minimum Gasteiger partial charge on any atom is -0.475 e. The Bertz CT molecular complexity index is 960. The first-order valence-electron chi connectivity index (χ1n) is 9.67. The zero-order chi connectivity index (χ0) is 21.8. The van der Waals surface area contributed by atoms with Crippen LogP contribution in [-0.4, -0.2) is 30.3 Å². The zero-order valence-electron chi connectivity index (χ0n) is 17.2. The molecule has 1 unspecified atom stereocenters. The van der Waals surface area contributed by atoms with E-state index >= 15 is 0 Å². The molecule has 1 aliphatic rings. The predicted molar refractivity (Wildman–Crippen MR) is 108 cm³/mol. The van der Waals surface area contributed by atoms with E-state index in [0.29, 0.717) is 28.4 Å². The second-order valence-corrected chi connectivity index (χ2v) is 6.98. The van der Waals surface area contributed by atoms with Crippen molar-refractivity contribution in [2.45, 2.75) is 46.3 Å². The number of benzene rings is 1. The lowest BCUT2D eigenvalue weighted by Gasteiger charge is -2.32. The molecule has 0 bridgehead atoms. The van der Waals surface area contributed by atoms with Crippen molar-refractivity contribution >= 4 is 11.7 Å². The van der Waals surface area contributed by atoms with E-state index in [-0.39, 0.29) is 24.0 Å². The molecule has 0 aliphatic carbocycles. The summed E-state index contributed by atoms with van der Waals surface area (Å²) in [5.74, 6) is -1.04. The van der Waals surface area contributed by atoms with Crippen LogP contribution in [0.2, 0.25) is 0 Å². The number of para-hydroxylation sites is 1. The molecule has 0 saturated carbocycles. The molecule has 1 aliphatic heterocycles. The molecule has 0 radical (unpaired) electrons. The normalized spacial score (nSPS) is 15.7. The molecule has 1 N–H and O–H groups in total. The molecular formula is C22H24F2N2O4. The van der Waals surface area contributed by atoms with Crippen molar-refractivity contribution in [1.29, 1.82) is 0 Å². The van der Waals surface area contributed by atoms with Crippen LogP contribution in [0.1, 0.15) is 44.7 Å². The van der Waals surface area contributed by atoms with E-state index in [9.17, 15) is 13.6 Å². The van der Waals surface area contributed by atoms with Crippen molar-refractivity contribution < 1.29 is 27.8 Å². The SMILES string of the molecule is CCOC(=O)C1=C(C)Nc2ccnc(OC(C)C)c2C1c1ccccc1OC(F)F. The Labute approximate surface area is 173 Å². The smallest absolute Gasteiger partial charge is 0.387 e. The number of halogens is 2. The van der Waals surface area contributed by atoms with Crippen molar-refractivity contribution in [3.05, 3.63) is 58.9 Å². The number of rotatable bonds is 7. The number of nitrogens with zero attached hydrogens (tertiary/aromatic N) is 1. The minimum absolute atomic E-state index is 0.0284. The highest BCUT2D eigenvalue weighted by Crippen LogP contribution is 2.48. The average Bonchev–Trinajstić information content (AvgIpc) is 2.67. The van der Waals surface area contributed by atoms with E-state index in [1.807, 2.05) is 13.8 Å². The van der Waals surface area contributed by atoms with Gasteiger partial charge in [0.2, 0.25) is 5.88 Å². The van der Waals surface area contributed by atoms with Crippen LogP contribution in [-0.2, 0) is 9.53 Å². The number of ether oxygens (including phenoxy) is 3. The Balaban J connectivity index is 2.27. The van der Waals surface area contributed by atoms with E-state index in [2.05, 4.69) is 10.3 Å². The van der Waals surface area contributed by atoms with Gasteiger partial charge >= 0.3 is 12.6 Å². The van der Waals surface area contributed by atoms with Gasteiger partial charge in [0.05, 0.1) is 29.8 Å². The summed E-state index contributed by atoms with van der Waals surface area (Å²) in [5.41, 5.74) is 2.47. The average molecular weight is 418 g/mol.